The lowest BCUT2D eigenvalue weighted by Gasteiger charge is -2.24. The van der Waals surface area contributed by atoms with E-state index < -0.39 is 0 Å². The number of aromatic nitrogens is 3. The zero-order valence-electron chi connectivity index (χ0n) is 14.2. The Morgan fingerprint density at radius 3 is 3.04 bits per heavy atom. The van der Waals surface area contributed by atoms with Crippen LogP contribution in [0.25, 0.3) is 0 Å². The summed E-state index contributed by atoms with van der Waals surface area (Å²) in [6.45, 7) is 3.17. The van der Waals surface area contributed by atoms with Gasteiger partial charge >= 0.3 is 6.03 Å². The first kappa shape index (κ1) is 16.1. The Kier molecular flexibility index (Phi) is 4.65. The summed E-state index contributed by atoms with van der Waals surface area (Å²) >= 11 is 0. The highest BCUT2D eigenvalue weighted by Crippen LogP contribution is 2.21. The lowest BCUT2D eigenvalue weighted by atomic mass is 10.1. The van der Waals surface area contributed by atoms with Crippen molar-refractivity contribution in [2.45, 2.75) is 38.6 Å². The number of rotatable bonds is 5. The van der Waals surface area contributed by atoms with Crippen LogP contribution in [-0.2, 0) is 24.4 Å². The minimum atomic E-state index is 0.0104. The van der Waals surface area contributed by atoms with Crippen molar-refractivity contribution in [3.05, 3.63) is 48.3 Å². The third-order valence-electron chi connectivity index (χ3n) is 4.60. The van der Waals surface area contributed by atoms with Crippen LogP contribution in [0.2, 0.25) is 0 Å². The number of imidazole rings is 1. The second-order valence-electron chi connectivity index (χ2n) is 6.84. The highest BCUT2D eigenvalue weighted by molar-refractivity contribution is 5.74. The Bertz CT molecular complexity index is 713. The molecule has 0 aromatic carbocycles. The second-order valence-corrected chi connectivity index (χ2v) is 6.84. The molecule has 2 aromatic heterocycles. The molecule has 2 amide bonds. The standard InChI is InChI=1S/C18H23N5O2/c24-18(21-16-3-4-16)23-10-15(9-22-7-6-20-17(22)11-23)13-25-12-14-2-1-5-19-8-14/h1-2,5-8,15-16H,3-4,9-13H2,(H,21,24)/t15-/m1/s1. The first-order chi connectivity index (χ1) is 12.3. The Balaban J connectivity index is 1.38. The Morgan fingerprint density at radius 2 is 2.24 bits per heavy atom. The molecule has 1 N–H and O–H groups in total. The maximum Gasteiger partial charge on any atom is 0.318 e. The summed E-state index contributed by atoms with van der Waals surface area (Å²) in [5.74, 6) is 1.16. The van der Waals surface area contributed by atoms with Crippen LogP contribution in [-0.4, -0.2) is 44.7 Å². The number of nitrogens with one attached hydrogen (secondary N) is 1. The maximum atomic E-state index is 12.5. The number of carbonyl (C=O) groups is 1. The van der Waals surface area contributed by atoms with Gasteiger partial charge in [-0.3, -0.25) is 4.98 Å². The quantitative estimate of drug-likeness (QED) is 0.900. The Labute approximate surface area is 147 Å². The molecule has 7 nitrogen and oxygen atoms in total. The third-order valence-corrected chi connectivity index (χ3v) is 4.60. The SMILES string of the molecule is O=C(NC1CC1)N1Cc2nccn2C[C@@H](COCc2cccnc2)C1. The molecule has 0 spiro atoms. The zero-order valence-corrected chi connectivity index (χ0v) is 14.2. The van der Waals surface area contributed by atoms with Crippen molar-refractivity contribution in [3.63, 3.8) is 0 Å². The molecule has 25 heavy (non-hydrogen) atoms. The normalized spacial score (nSPS) is 20.0. The Hall–Kier alpha value is -2.41. The van der Waals surface area contributed by atoms with Crippen LogP contribution in [0.5, 0.6) is 0 Å². The lowest BCUT2D eigenvalue weighted by Crippen LogP contribution is -2.43. The predicted octanol–water partition coefficient (Wildman–Crippen LogP) is 1.80. The fourth-order valence-corrected chi connectivity index (χ4v) is 3.12. The molecule has 2 aromatic rings. The monoisotopic (exact) mass is 341 g/mol. The van der Waals surface area contributed by atoms with Gasteiger partial charge in [-0.2, -0.15) is 0 Å². The van der Waals surface area contributed by atoms with E-state index >= 15 is 0 Å². The van der Waals surface area contributed by atoms with Crippen LogP contribution >= 0.6 is 0 Å². The number of ether oxygens (including phenoxy) is 1. The smallest absolute Gasteiger partial charge is 0.318 e. The summed E-state index contributed by atoms with van der Waals surface area (Å²) < 4.78 is 8.02. The van der Waals surface area contributed by atoms with Crippen molar-refractivity contribution in [1.82, 2.24) is 24.8 Å². The fourth-order valence-electron chi connectivity index (χ4n) is 3.12. The fraction of sp³-hybridized carbons (Fsp3) is 0.500. The summed E-state index contributed by atoms with van der Waals surface area (Å²) in [5, 5.41) is 3.08. The van der Waals surface area contributed by atoms with Crippen LogP contribution in [0.1, 0.15) is 24.2 Å². The molecule has 1 aliphatic carbocycles. The number of fused-ring (bicyclic) bond motifs is 1. The van der Waals surface area contributed by atoms with E-state index in [4.69, 9.17) is 4.74 Å². The summed E-state index contributed by atoms with van der Waals surface area (Å²) in [6.07, 6.45) is 9.52. The van der Waals surface area contributed by atoms with Gasteiger partial charge in [0.05, 0.1) is 19.8 Å². The lowest BCUT2D eigenvalue weighted by molar-refractivity contribution is 0.0717. The molecular weight excluding hydrogens is 318 g/mol. The summed E-state index contributed by atoms with van der Waals surface area (Å²) in [5.41, 5.74) is 1.06. The molecule has 1 atom stereocenters. The molecule has 0 bridgehead atoms. The van der Waals surface area contributed by atoms with Gasteiger partial charge in [0.1, 0.15) is 5.82 Å². The van der Waals surface area contributed by atoms with Crippen LogP contribution in [0.15, 0.2) is 36.9 Å². The zero-order chi connectivity index (χ0) is 17.1. The molecule has 4 rings (SSSR count). The molecule has 1 saturated carbocycles. The molecule has 2 aliphatic rings. The van der Waals surface area contributed by atoms with Gasteiger partial charge in [-0.05, 0) is 24.5 Å². The first-order valence-corrected chi connectivity index (χ1v) is 8.80. The average Bonchev–Trinajstić information content (AvgIpc) is 3.37. The molecule has 0 radical (unpaired) electrons. The van der Waals surface area contributed by atoms with Crippen molar-refractivity contribution >= 4 is 6.03 Å². The van der Waals surface area contributed by atoms with Gasteiger partial charge in [-0.15, -0.1) is 0 Å². The van der Waals surface area contributed by atoms with Crippen molar-refractivity contribution in [2.24, 2.45) is 5.92 Å². The van der Waals surface area contributed by atoms with Crippen LogP contribution < -0.4 is 5.32 Å². The molecule has 1 fully saturated rings. The minimum Gasteiger partial charge on any atom is -0.376 e. The molecule has 7 heteroatoms. The van der Waals surface area contributed by atoms with E-state index in [-0.39, 0.29) is 11.9 Å². The highest BCUT2D eigenvalue weighted by atomic mass is 16.5. The topological polar surface area (TPSA) is 72.3 Å². The molecule has 132 valence electrons. The summed E-state index contributed by atoms with van der Waals surface area (Å²) in [4.78, 5) is 22.9. The van der Waals surface area contributed by atoms with E-state index in [0.717, 1.165) is 30.8 Å². The van der Waals surface area contributed by atoms with E-state index in [1.165, 1.54) is 0 Å². The molecule has 0 saturated heterocycles. The van der Waals surface area contributed by atoms with E-state index in [2.05, 4.69) is 19.9 Å². The van der Waals surface area contributed by atoms with Gasteiger partial charge in [-0.25, -0.2) is 9.78 Å². The van der Waals surface area contributed by atoms with E-state index in [0.29, 0.717) is 32.3 Å². The van der Waals surface area contributed by atoms with E-state index in [1.807, 2.05) is 29.4 Å². The first-order valence-electron chi connectivity index (χ1n) is 8.80. The minimum absolute atomic E-state index is 0.0104. The van der Waals surface area contributed by atoms with Gasteiger partial charge in [0.15, 0.2) is 0 Å². The number of urea groups is 1. The van der Waals surface area contributed by atoms with E-state index in [1.54, 1.807) is 12.4 Å². The largest absolute Gasteiger partial charge is 0.376 e. The predicted molar refractivity (Wildman–Crippen MR) is 91.6 cm³/mol. The van der Waals surface area contributed by atoms with Crippen LogP contribution in [0, 0.1) is 5.92 Å². The Morgan fingerprint density at radius 1 is 1.32 bits per heavy atom. The number of hydrogen-bond acceptors (Lipinski definition) is 4. The van der Waals surface area contributed by atoms with Gasteiger partial charge in [0.25, 0.3) is 0 Å². The van der Waals surface area contributed by atoms with Gasteiger partial charge < -0.3 is 19.5 Å². The maximum absolute atomic E-state index is 12.5. The van der Waals surface area contributed by atoms with Crippen molar-refractivity contribution in [2.75, 3.05) is 13.2 Å². The molecule has 0 unspecified atom stereocenters. The van der Waals surface area contributed by atoms with Crippen molar-refractivity contribution in [1.29, 1.82) is 0 Å². The van der Waals surface area contributed by atoms with Crippen LogP contribution in [0.4, 0.5) is 4.79 Å². The van der Waals surface area contributed by atoms with Crippen molar-refractivity contribution in [3.8, 4) is 0 Å². The summed E-state index contributed by atoms with van der Waals surface area (Å²) in [6, 6.07) is 4.28. The second kappa shape index (κ2) is 7.23. The number of carbonyl (C=O) groups excluding carboxylic acids is 1. The number of pyridine rings is 1. The molecular formula is C18H23N5O2. The van der Waals surface area contributed by atoms with E-state index in [9.17, 15) is 4.79 Å². The number of amides is 2. The summed E-state index contributed by atoms with van der Waals surface area (Å²) in [7, 11) is 0. The van der Waals surface area contributed by atoms with Gasteiger partial charge in [0, 0.05) is 49.8 Å². The highest BCUT2D eigenvalue weighted by Gasteiger charge is 2.29. The molecule has 1 aliphatic heterocycles. The van der Waals surface area contributed by atoms with Gasteiger partial charge in [-0.1, -0.05) is 6.07 Å². The van der Waals surface area contributed by atoms with Gasteiger partial charge in [0.2, 0.25) is 0 Å². The molecule has 3 heterocycles. The van der Waals surface area contributed by atoms with Crippen molar-refractivity contribution < 1.29 is 9.53 Å². The third kappa shape index (κ3) is 4.17. The average molecular weight is 341 g/mol. The number of nitrogens with zero attached hydrogens (tertiary/aromatic N) is 4. The number of hydrogen-bond donors (Lipinski definition) is 1. The van der Waals surface area contributed by atoms with Crippen LogP contribution in [0.3, 0.4) is 0 Å².